The van der Waals surface area contributed by atoms with Gasteiger partial charge in [0, 0.05) is 6.42 Å². The number of rotatable bonds is 0. The summed E-state index contributed by atoms with van der Waals surface area (Å²) in [5.41, 5.74) is 0.868. The number of hydrogen-bond acceptors (Lipinski definition) is 5. The molecule has 1 aromatic carbocycles. The van der Waals surface area contributed by atoms with Gasteiger partial charge in [-0.25, -0.2) is 0 Å². The fourth-order valence-electron chi connectivity index (χ4n) is 1.55. The lowest BCUT2D eigenvalue weighted by Crippen LogP contribution is -2.24. The third kappa shape index (κ3) is 1.45. The predicted octanol–water partition coefficient (Wildman–Crippen LogP) is 1.20. The molecule has 1 aliphatic heterocycles. The van der Waals surface area contributed by atoms with E-state index in [0.717, 1.165) is 0 Å². The van der Waals surface area contributed by atoms with Crippen molar-refractivity contribution in [3.8, 4) is 11.5 Å². The molecule has 1 aromatic rings. The molecule has 0 aromatic heterocycles. The van der Waals surface area contributed by atoms with E-state index in [2.05, 4.69) is 5.16 Å². The number of fused-ring (bicyclic) bond motifs is 1. The van der Waals surface area contributed by atoms with Gasteiger partial charge in [0.1, 0.15) is 6.10 Å². The Labute approximate surface area is 86.2 Å². The highest BCUT2D eigenvalue weighted by atomic mass is 16.5. The molecular weight excluding hydrogens is 198 g/mol. The minimum Gasteiger partial charge on any atom is -0.504 e. The minimum atomic E-state index is -0.344. The van der Waals surface area contributed by atoms with Crippen LogP contribution in [0.4, 0.5) is 0 Å². The van der Waals surface area contributed by atoms with E-state index in [1.54, 1.807) is 19.4 Å². The van der Waals surface area contributed by atoms with Crippen LogP contribution in [0.2, 0.25) is 0 Å². The molecule has 0 amide bonds. The zero-order chi connectivity index (χ0) is 11.0. The summed E-state index contributed by atoms with van der Waals surface area (Å²) in [7, 11) is 0. The van der Waals surface area contributed by atoms with Gasteiger partial charge in [0.25, 0.3) is 5.90 Å². The Morgan fingerprint density at radius 3 is 2.73 bits per heavy atom. The number of oxime groups is 1. The fourth-order valence-corrected chi connectivity index (χ4v) is 1.55. The van der Waals surface area contributed by atoms with Crippen molar-refractivity contribution in [3.05, 3.63) is 29.7 Å². The van der Waals surface area contributed by atoms with Gasteiger partial charge < -0.3 is 20.2 Å². The van der Waals surface area contributed by atoms with Gasteiger partial charge in [-0.05, 0) is 23.7 Å². The van der Waals surface area contributed by atoms with E-state index in [1.165, 1.54) is 6.07 Å². The molecule has 0 spiro atoms. The molecule has 0 aliphatic carbocycles. The van der Waals surface area contributed by atoms with Gasteiger partial charge in [0.15, 0.2) is 11.5 Å². The van der Waals surface area contributed by atoms with Crippen molar-refractivity contribution in [1.82, 2.24) is 0 Å². The van der Waals surface area contributed by atoms with Crippen molar-refractivity contribution in [2.75, 3.05) is 0 Å². The van der Waals surface area contributed by atoms with Gasteiger partial charge in [-0.1, -0.05) is 6.07 Å². The summed E-state index contributed by atoms with van der Waals surface area (Å²) in [5.74, 6) is -0.710. The molecule has 1 heterocycles. The topological polar surface area (TPSA) is 82.3 Å². The van der Waals surface area contributed by atoms with Crippen LogP contribution >= 0.6 is 0 Å². The lowest BCUT2D eigenvalue weighted by Gasteiger charge is -2.24. The maximum Gasteiger partial charge on any atom is 0.261 e. The van der Waals surface area contributed by atoms with Crippen molar-refractivity contribution >= 4 is 5.90 Å². The Kier molecular flexibility index (Phi) is 2.15. The van der Waals surface area contributed by atoms with Crippen molar-refractivity contribution in [3.63, 3.8) is 0 Å². The second kappa shape index (κ2) is 3.34. The normalized spacial score (nSPS) is 22.2. The Hall–Kier alpha value is -1.91. The average molecular weight is 208 g/mol. The van der Waals surface area contributed by atoms with Crippen LogP contribution in [-0.4, -0.2) is 27.4 Å². The molecule has 3 N–H and O–H groups in total. The third-order valence-electron chi connectivity index (χ3n) is 2.21. The van der Waals surface area contributed by atoms with Crippen molar-refractivity contribution in [2.45, 2.75) is 13.0 Å². The van der Waals surface area contributed by atoms with Gasteiger partial charge in [-0.15, -0.1) is 0 Å². The number of phenols is 2. The highest BCUT2D eigenvalue weighted by molar-refractivity contribution is 6.00. The zero-order valence-corrected chi connectivity index (χ0v) is 8.01. The van der Waals surface area contributed by atoms with Crippen molar-refractivity contribution in [2.24, 2.45) is 5.16 Å². The molecule has 5 heteroatoms. The number of hydrogen-bond donors (Lipinski definition) is 3. The molecule has 0 bridgehead atoms. The van der Waals surface area contributed by atoms with Gasteiger partial charge >= 0.3 is 0 Å². The summed E-state index contributed by atoms with van der Waals surface area (Å²) in [5, 5.41) is 30.6. The lowest BCUT2D eigenvalue weighted by molar-refractivity contribution is 0.210. The Bertz CT molecular complexity index is 428. The summed E-state index contributed by atoms with van der Waals surface area (Å²) in [4.78, 5) is 0. The van der Waals surface area contributed by atoms with E-state index < -0.39 is 0 Å². The molecule has 0 saturated heterocycles. The van der Waals surface area contributed by atoms with E-state index in [-0.39, 0.29) is 29.1 Å². The summed E-state index contributed by atoms with van der Waals surface area (Å²) in [6, 6.07) is 2.99. The largest absolute Gasteiger partial charge is 0.504 e. The first-order valence-corrected chi connectivity index (χ1v) is 4.42. The smallest absolute Gasteiger partial charge is 0.261 e. The van der Waals surface area contributed by atoms with Gasteiger partial charge in [-0.3, -0.25) is 0 Å². The Balaban J connectivity index is 2.63. The van der Waals surface area contributed by atoms with E-state index >= 15 is 0 Å². The van der Waals surface area contributed by atoms with Gasteiger partial charge in [-0.2, -0.15) is 0 Å². The van der Waals surface area contributed by atoms with Crippen LogP contribution in [0.25, 0.3) is 0 Å². The van der Waals surface area contributed by atoms with E-state index in [0.29, 0.717) is 5.56 Å². The van der Waals surface area contributed by atoms with Crippen LogP contribution in [0.15, 0.2) is 17.3 Å². The van der Waals surface area contributed by atoms with Crippen LogP contribution in [0, 0.1) is 6.42 Å². The Morgan fingerprint density at radius 2 is 2.07 bits per heavy atom. The molecule has 5 nitrogen and oxygen atoms in total. The van der Waals surface area contributed by atoms with E-state index in [1.807, 2.05) is 0 Å². The first-order valence-electron chi connectivity index (χ1n) is 4.42. The highest BCUT2D eigenvalue weighted by Crippen LogP contribution is 2.36. The lowest BCUT2D eigenvalue weighted by atomic mass is 9.97. The summed E-state index contributed by atoms with van der Waals surface area (Å²) in [6.45, 7) is 1.78. The summed E-state index contributed by atoms with van der Waals surface area (Å²) in [6.07, 6.45) is 1.51. The maximum atomic E-state index is 9.59. The molecular formula is C10H10NO4. The number of ether oxygens (including phenoxy) is 1. The van der Waals surface area contributed by atoms with Crippen LogP contribution in [0.1, 0.15) is 18.1 Å². The molecule has 1 radical (unpaired) electrons. The molecule has 15 heavy (non-hydrogen) atoms. The summed E-state index contributed by atoms with van der Waals surface area (Å²) >= 11 is 0. The van der Waals surface area contributed by atoms with Gasteiger partial charge in [0.2, 0.25) is 0 Å². The average Bonchev–Trinajstić information content (AvgIpc) is 2.22. The molecule has 79 valence electrons. The molecule has 2 rings (SSSR count). The van der Waals surface area contributed by atoms with Crippen molar-refractivity contribution < 1.29 is 20.2 Å². The number of aromatic hydroxyl groups is 2. The quantitative estimate of drug-likeness (QED) is 0.340. The second-order valence-corrected chi connectivity index (χ2v) is 3.29. The number of phenolic OH excluding ortho intramolecular Hbond substituents is 2. The third-order valence-corrected chi connectivity index (χ3v) is 2.21. The number of benzene rings is 1. The number of nitrogens with zero attached hydrogens (tertiary/aromatic N) is 1. The highest BCUT2D eigenvalue weighted by Gasteiger charge is 2.27. The fraction of sp³-hybridized carbons (Fsp3) is 0.200. The second-order valence-electron chi connectivity index (χ2n) is 3.29. The van der Waals surface area contributed by atoms with Crippen LogP contribution in [0.3, 0.4) is 0 Å². The predicted molar refractivity (Wildman–Crippen MR) is 52.0 cm³/mol. The maximum absolute atomic E-state index is 9.59. The van der Waals surface area contributed by atoms with E-state index in [9.17, 15) is 10.2 Å². The van der Waals surface area contributed by atoms with Crippen LogP contribution in [-0.2, 0) is 4.74 Å². The van der Waals surface area contributed by atoms with Crippen LogP contribution < -0.4 is 0 Å². The molecule has 0 saturated carbocycles. The van der Waals surface area contributed by atoms with E-state index in [4.69, 9.17) is 9.94 Å². The monoisotopic (exact) mass is 208 g/mol. The minimum absolute atomic E-state index is 0.0894. The molecule has 1 aliphatic rings. The zero-order valence-electron chi connectivity index (χ0n) is 8.01. The Morgan fingerprint density at radius 1 is 1.33 bits per heavy atom. The molecule has 1 unspecified atom stereocenters. The first-order chi connectivity index (χ1) is 7.13. The molecule has 0 fully saturated rings. The summed E-state index contributed by atoms with van der Waals surface area (Å²) < 4.78 is 5.17. The van der Waals surface area contributed by atoms with Gasteiger partial charge in [0.05, 0.1) is 5.56 Å². The standard InChI is InChI=1S/C10H10NO4/c1-5-4-6-2-3-7(12)9(13)8(6)10(11-14)15-5/h2-5,12-14H,1H3. The van der Waals surface area contributed by atoms with Crippen molar-refractivity contribution in [1.29, 1.82) is 0 Å². The SMILES string of the molecule is CC1[CH]c2ccc(O)c(O)c2C(=NO)O1. The van der Waals surface area contributed by atoms with Crippen LogP contribution in [0.5, 0.6) is 11.5 Å². The first kappa shape index (κ1) is 9.64. The molecule has 1 atom stereocenters.